The summed E-state index contributed by atoms with van der Waals surface area (Å²) in [6.45, 7) is -1.73. The van der Waals surface area contributed by atoms with Crippen molar-refractivity contribution in [3.05, 3.63) is 0 Å². The number of aliphatic carboxylic acids is 1. The number of carbonyl (C=O) groups is 1. The minimum atomic E-state index is -1.67. The average Bonchev–Trinajstić information content (AvgIpc) is 2.35. The topological polar surface area (TPSA) is 185 Å². The van der Waals surface area contributed by atoms with Crippen molar-refractivity contribution in [2.45, 2.75) is 24.4 Å². The van der Waals surface area contributed by atoms with E-state index >= 15 is 0 Å². The van der Waals surface area contributed by atoms with Crippen molar-refractivity contribution >= 4 is 5.97 Å². The molecule has 9 nitrogen and oxygen atoms in total. The van der Waals surface area contributed by atoms with Crippen molar-refractivity contribution in [2.24, 2.45) is 5.73 Å². The van der Waals surface area contributed by atoms with Gasteiger partial charge in [-0.05, 0) is 0 Å². The van der Waals surface area contributed by atoms with Crippen LogP contribution in [0.5, 0.6) is 0 Å². The molecular formula is C8H19NO8. The predicted molar refractivity (Wildman–Crippen MR) is 54.9 cm³/mol. The van der Waals surface area contributed by atoms with Crippen LogP contribution in [0.25, 0.3) is 0 Å². The Labute approximate surface area is 97.4 Å². The van der Waals surface area contributed by atoms with Gasteiger partial charge >= 0.3 is 5.97 Å². The second-order valence-electron chi connectivity index (χ2n) is 3.08. The van der Waals surface area contributed by atoms with Gasteiger partial charge in [-0.1, -0.05) is 0 Å². The lowest BCUT2D eigenvalue weighted by Crippen LogP contribution is -2.46. The summed E-state index contributed by atoms with van der Waals surface area (Å²) < 4.78 is 0. The second-order valence-corrected chi connectivity index (χ2v) is 3.08. The molecule has 0 spiro atoms. The normalized spacial score (nSPS) is 17.4. The zero-order valence-corrected chi connectivity index (χ0v) is 9.05. The third kappa shape index (κ3) is 8.94. The molecule has 0 saturated heterocycles. The lowest BCUT2D eigenvalue weighted by Gasteiger charge is -2.24. The molecule has 0 aromatic carbocycles. The number of aliphatic hydroxyl groups is 6. The van der Waals surface area contributed by atoms with Crippen LogP contribution in [0.15, 0.2) is 0 Å². The van der Waals surface area contributed by atoms with Gasteiger partial charge in [0.25, 0.3) is 0 Å². The summed E-state index contributed by atoms with van der Waals surface area (Å²) in [4.78, 5) is 9.24. The first-order valence-electron chi connectivity index (χ1n) is 4.67. The van der Waals surface area contributed by atoms with E-state index < -0.39 is 43.6 Å². The van der Waals surface area contributed by atoms with Gasteiger partial charge in [-0.15, -0.1) is 0 Å². The molecule has 0 bridgehead atoms. The summed E-state index contributed by atoms with van der Waals surface area (Å²) in [7, 11) is 0. The van der Waals surface area contributed by atoms with E-state index in [1.165, 1.54) is 0 Å². The molecule has 0 heterocycles. The SMILES string of the molecule is NCC(=O)O.OC[C@@H](O)[C@@H](O)[C@H](O)[C@H](O)CO. The first kappa shape index (κ1) is 18.6. The highest BCUT2D eigenvalue weighted by Gasteiger charge is 2.29. The van der Waals surface area contributed by atoms with Crippen molar-refractivity contribution in [3.8, 4) is 0 Å². The van der Waals surface area contributed by atoms with Crippen molar-refractivity contribution in [2.75, 3.05) is 19.8 Å². The molecule has 0 fully saturated rings. The molecule has 0 aromatic rings. The van der Waals surface area contributed by atoms with Crippen LogP contribution in [-0.2, 0) is 4.79 Å². The van der Waals surface area contributed by atoms with Gasteiger partial charge in [0.2, 0.25) is 0 Å². The van der Waals surface area contributed by atoms with E-state index in [0.29, 0.717) is 0 Å². The average molecular weight is 257 g/mol. The Bertz CT molecular complexity index is 188. The van der Waals surface area contributed by atoms with Gasteiger partial charge in [-0.25, -0.2) is 0 Å². The Morgan fingerprint density at radius 3 is 1.29 bits per heavy atom. The van der Waals surface area contributed by atoms with Gasteiger partial charge in [-0.3, -0.25) is 4.79 Å². The highest BCUT2D eigenvalue weighted by Crippen LogP contribution is 2.03. The summed E-state index contributed by atoms with van der Waals surface area (Å²) >= 11 is 0. The van der Waals surface area contributed by atoms with Crippen LogP contribution >= 0.6 is 0 Å². The minimum Gasteiger partial charge on any atom is -0.480 e. The maximum atomic E-state index is 9.24. The highest BCUT2D eigenvalue weighted by atomic mass is 16.4. The molecule has 0 aliphatic heterocycles. The zero-order valence-electron chi connectivity index (χ0n) is 9.05. The van der Waals surface area contributed by atoms with Crippen molar-refractivity contribution in [3.63, 3.8) is 0 Å². The summed E-state index contributed by atoms with van der Waals surface area (Å²) in [6, 6.07) is 0. The van der Waals surface area contributed by atoms with Crippen LogP contribution in [0.3, 0.4) is 0 Å². The van der Waals surface area contributed by atoms with Crippen molar-refractivity contribution in [1.82, 2.24) is 0 Å². The second kappa shape index (κ2) is 10.4. The van der Waals surface area contributed by atoms with Crippen molar-refractivity contribution < 1.29 is 40.5 Å². The Balaban J connectivity index is 0. The number of carboxylic acids is 1. The Morgan fingerprint density at radius 1 is 0.941 bits per heavy atom. The van der Waals surface area contributed by atoms with Crippen LogP contribution in [0, 0.1) is 0 Å². The number of nitrogens with two attached hydrogens (primary N) is 1. The molecule has 0 unspecified atom stereocenters. The zero-order chi connectivity index (χ0) is 14.0. The first-order valence-corrected chi connectivity index (χ1v) is 4.67. The van der Waals surface area contributed by atoms with Gasteiger partial charge in [0.05, 0.1) is 19.8 Å². The van der Waals surface area contributed by atoms with Crippen molar-refractivity contribution in [1.29, 1.82) is 0 Å². The van der Waals surface area contributed by atoms with Crippen LogP contribution < -0.4 is 5.73 Å². The van der Waals surface area contributed by atoms with Gasteiger partial charge in [0.15, 0.2) is 0 Å². The third-order valence-corrected chi connectivity index (χ3v) is 1.69. The fourth-order valence-electron chi connectivity index (χ4n) is 0.671. The molecule has 0 saturated carbocycles. The van der Waals surface area contributed by atoms with E-state index in [1.54, 1.807) is 0 Å². The third-order valence-electron chi connectivity index (χ3n) is 1.69. The molecule has 4 atom stereocenters. The van der Waals surface area contributed by atoms with E-state index in [4.69, 9.17) is 35.7 Å². The molecular weight excluding hydrogens is 238 g/mol. The Morgan fingerprint density at radius 2 is 1.18 bits per heavy atom. The van der Waals surface area contributed by atoms with Crippen LogP contribution in [0.4, 0.5) is 0 Å². The number of carboxylic acid groups (broad SMARTS) is 1. The van der Waals surface area contributed by atoms with E-state index in [9.17, 15) is 4.79 Å². The molecule has 0 rings (SSSR count). The number of rotatable bonds is 6. The predicted octanol–water partition coefficient (Wildman–Crippen LogP) is -4.56. The fourth-order valence-corrected chi connectivity index (χ4v) is 0.671. The van der Waals surface area contributed by atoms with Gasteiger partial charge in [0.1, 0.15) is 24.4 Å². The van der Waals surface area contributed by atoms with E-state index in [0.717, 1.165) is 0 Å². The maximum Gasteiger partial charge on any atom is 0.317 e. The maximum absolute atomic E-state index is 9.24. The molecule has 9 N–H and O–H groups in total. The molecule has 104 valence electrons. The molecule has 0 aliphatic carbocycles. The van der Waals surface area contributed by atoms with Gasteiger partial charge < -0.3 is 41.5 Å². The minimum absolute atomic E-state index is 0.278. The molecule has 0 aromatic heterocycles. The molecule has 0 radical (unpaired) electrons. The number of hydrogen-bond donors (Lipinski definition) is 8. The standard InChI is InChI=1S/C6H14O6.C2H5NO2/c7-1-3(9)5(11)6(12)4(10)2-8;3-1-2(4)5/h3-12H,1-2H2;1,3H2,(H,4,5)/t3-,4-,5-,6-;/m1./s1. The van der Waals surface area contributed by atoms with Gasteiger partial charge in [-0.2, -0.15) is 0 Å². The van der Waals surface area contributed by atoms with E-state index in [1.807, 2.05) is 0 Å². The number of hydrogen-bond acceptors (Lipinski definition) is 8. The summed E-state index contributed by atoms with van der Waals surface area (Å²) in [6.07, 6.45) is -6.39. The molecule has 17 heavy (non-hydrogen) atoms. The summed E-state index contributed by atoms with van der Waals surface area (Å²) in [5, 5.41) is 59.8. The Kier molecular flexibility index (Phi) is 11.3. The fraction of sp³-hybridized carbons (Fsp3) is 0.875. The van der Waals surface area contributed by atoms with E-state index in [-0.39, 0.29) is 6.54 Å². The Hall–Kier alpha value is -0.810. The van der Waals surface area contributed by atoms with E-state index in [2.05, 4.69) is 5.73 Å². The first-order chi connectivity index (χ1) is 7.81. The highest BCUT2D eigenvalue weighted by molar-refractivity contribution is 5.68. The van der Waals surface area contributed by atoms with Crippen LogP contribution in [0.2, 0.25) is 0 Å². The lowest BCUT2D eigenvalue weighted by atomic mass is 10.0. The summed E-state index contributed by atoms with van der Waals surface area (Å²) in [5.74, 6) is -0.968. The van der Waals surface area contributed by atoms with Crippen LogP contribution in [0.1, 0.15) is 0 Å². The van der Waals surface area contributed by atoms with Crippen LogP contribution in [-0.4, -0.2) is 85.9 Å². The molecule has 0 amide bonds. The quantitative estimate of drug-likeness (QED) is 0.232. The number of aliphatic hydroxyl groups excluding tert-OH is 6. The van der Waals surface area contributed by atoms with Gasteiger partial charge in [0, 0.05) is 0 Å². The summed E-state index contributed by atoms with van der Waals surface area (Å²) in [5.41, 5.74) is 4.57. The monoisotopic (exact) mass is 257 g/mol. The lowest BCUT2D eigenvalue weighted by molar-refractivity contribution is -0.135. The molecule has 9 heteroatoms. The smallest absolute Gasteiger partial charge is 0.317 e. The largest absolute Gasteiger partial charge is 0.480 e. The molecule has 0 aliphatic rings.